The van der Waals surface area contributed by atoms with Gasteiger partial charge in [-0.15, -0.1) is 0 Å². The number of rotatable bonds is 4. The third kappa shape index (κ3) is 3.66. The summed E-state index contributed by atoms with van der Waals surface area (Å²) in [6.45, 7) is 4.07. The fourth-order valence-electron chi connectivity index (χ4n) is 3.45. The predicted octanol–water partition coefficient (Wildman–Crippen LogP) is 2.56. The lowest BCUT2D eigenvalue weighted by Crippen LogP contribution is -2.53. The van der Waals surface area contributed by atoms with Crippen molar-refractivity contribution in [1.29, 1.82) is 0 Å². The minimum absolute atomic E-state index is 0.148. The monoisotopic (exact) mass is 284 g/mol. The van der Waals surface area contributed by atoms with Crippen LogP contribution in [0.5, 0.6) is 0 Å². The van der Waals surface area contributed by atoms with Crippen LogP contribution in [0.3, 0.4) is 0 Å². The molecule has 3 unspecified atom stereocenters. The lowest BCUT2D eigenvalue weighted by molar-refractivity contribution is -0.133. The van der Waals surface area contributed by atoms with Crippen LogP contribution in [-0.4, -0.2) is 36.5 Å². The van der Waals surface area contributed by atoms with Crippen LogP contribution in [-0.2, 0) is 4.79 Å². The topological polar surface area (TPSA) is 41.1 Å². The molecule has 3 atom stereocenters. The highest BCUT2D eigenvalue weighted by Gasteiger charge is 2.39. The summed E-state index contributed by atoms with van der Waals surface area (Å²) in [5.74, 6) is 0.300. The Balaban J connectivity index is 1.91. The minimum Gasteiger partial charge on any atom is -0.353 e. The van der Waals surface area contributed by atoms with E-state index in [4.69, 9.17) is 0 Å². The van der Waals surface area contributed by atoms with Gasteiger partial charge in [-0.2, -0.15) is 11.8 Å². The molecule has 1 aliphatic carbocycles. The fraction of sp³-hybridized carbons (Fsp3) is 0.933. The third-order valence-electron chi connectivity index (χ3n) is 4.93. The van der Waals surface area contributed by atoms with E-state index in [0.29, 0.717) is 11.9 Å². The lowest BCUT2D eigenvalue weighted by atomic mass is 9.77. The molecule has 0 bridgehead atoms. The van der Waals surface area contributed by atoms with E-state index in [1.54, 1.807) is 0 Å². The molecule has 0 aromatic carbocycles. The van der Waals surface area contributed by atoms with Gasteiger partial charge in [0.05, 0.1) is 5.41 Å². The molecule has 2 N–H and O–H groups in total. The molecule has 3 nitrogen and oxygen atoms in total. The average molecular weight is 284 g/mol. The zero-order valence-corrected chi connectivity index (χ0v) is 13.2. The number of nitrogens with one attached hydrogen (secondary N) is 2. The summed E-state index contributed by atoms with van der Waals surface area (Å²) < 4.78 is 0. The van der Waals surface area contributed by atoms with Crippen LogP contribution in [0, 0.1) is 5.41 Å². The van der Waals surface area contributed by atoms with Gasteiger partial charge in [0, 0.05) is 17.8 Å². The summed E-state index contributed by atoms with van der Waals surface area (Å²) in [4.78, 5) is 12.7. The maximum absolute atomic E-state index is 12.7. The van der Waals surface area contributed by atoms with Crippen molar-refractivity contribution in [3.05, 3.63) is 0 Å². The molecule has 0 aromatic heterocycles. The molecule has 2 fully saturated rings. The zero-order valence-electron chi connectivity index (χ0n) is 12.3. The van der Waals surface area contributed by atoms with Crippen molar-refractivity contribution in [2.75, 3.05) is 19.3 Å². The van der Waals surface area contributed by atoms with E-state index in [9.17, 15) is 4.79 Å². The number of carbonyl (C=O) groups excluding carboxylic acids is 1. The number of hydrogen-bond acceptors (Lipinski definition) is 3. The first-order valence-electron chi connectivity index (χ1n) is 7.74. The standard InChI is InChI=1S/C15H28N2OS/c1-3-15(8-5-9-16-11-15)14(18)17-12-6-4-7-13(10-12)19-2/h12-13,16H,3-11H2,1-2H3,(H,17,18). The van der Waals surface area contributed by atoms with Crippen LogP contribution >= 0.6 is 11.8 Å². The van der Waals surface area contributed by atoms with Crippen molar-refractivity contribution in [2.45, 2.75) is 63.2 Å². The van der Waals surface area contributed by atoms with Gasteiger partial charge < -0.3 is 10.6 Å². The van der Waals surface area contributed by atoms with Crippen molar-refractivity contribution in [3.63, 3.8) is 0 Å². The van der Waals surface area contributed by atoms with Gasteiger partial charge in [-0.25, -0.2) is 0 Å². The second kappa shape index (κ2) is 6.98. The van der Waals surface area contributed by atoms with Crippen molar-refractivity contribution >= 4 is 17.7 Å². The van der Waals surface area contributed by atoms with Gasteiger partial charge in [0.1, 0.15) is 0 Å². The first-order valence-corrected chi connectivity index (χ1v) is 9.03. The first kappa shape index (κ1) is 15.2. The number of thioether (sulfide) groups is 1. The Kier molecular flexibility index (Phi) is 5.58. The van der Waals surface area contributed by atoms with Gasteiger partial charge in [0.2, 0.25) is 5.91 Å². The number of carbonyl (C=O) groups is 1. The van der Waals surface area contributed by atoms with Gasteiger partial charge in [-0.1, -0.05) is 13.3 Å². The molecule has 1 aliphatic heterocycles. The zero-order chi connectivity index (χ0) is 13.7. The SMILES string of the molecule is CCC1(C(=O)NC2CCCC(SC)C2)CCCNC1. The van der Waals surface area contributed by atoms with Crippen LogP contribution in [0.2, 0.25) is 0 Å². The number of hydrogen-bond donors (Lipinski definition) is 2. The Labute approximate surface area is 121 Å². The predicted molar refractivity (Wildman–Crippen MR) is 82.5 cm³/mol. The van der Waals surface area contributed by atoms with Crippen molar-refractivity contribution in [3.8, 4) is 0 Å². The summed E-state index contributed by atoms with van der Waals surface area (Å²) in [7, 11) is 0. The van der Waals surface area contributed by atoms with Crippen LogP contribution in [0.15, 0.2) is 0 Å². The molecule has 0 aromatic rings. The fourth-order valence-corrected chi connectivity index (χ4v) is 4.28. The Hall–Kier alpha value is -0.220. The van der Waals surface area contributed by atoms with Crippen LogP contribution in [0.25, 0.3) is 0 Å². The normalized spacial score (nSPS) is 35.9. The smallest absolute Gasteiger partial charge is 0.227 e. The quantitative estimate of drug-likeness (QED) is 0.833. The summed E-state index contributed by atoms with van der Waals surface area (Å²) >= 11 is 1.95. The van der Waals surface area contributed by atoms with Gasteiger partial charge in [0.15, 0.2) is 0 Å². The molecule has 1 saturated carbocycles. The Bertz CT molecular complexity index is 303. The molecule has 1 heterocycles. The maximum atomic E-state index is 12.7. The van der Waals surface area contributed by atoms with E-state index in [0.717, 1.165) is 50.4 Å². The van der Waals surface area contributed by atoms with Crippen LogP contribution in [0.4, 0.5) is 0 Å². The van der Waals surface area contributed by atoms with Crippen LogP contribution < -0.4 is 10.6 Å². The summed E-state index contributed by atoms with van der Waals surface area (Å²) in [5.41, 5.74) is -0.148. The van der Waals surface area contributed by atoms with Gasteiger partial charge in [0.25, 0.3) is 0 Å². The summed E-state index contributed by atoms with van der Waals surface area (Å²) in [5, 5.41) is 7.49. The Morgan fingerprint density at radius 3 is 2.89 bits per heavy atom. The van der Waals surface area contributed by atoms with E-state index in [-0.39, 0.29) is 5.41 Å². The molecule has 19 heavy (non-hydrogen) atoms. The molecule has 4 heteroatoms. The molecule has 1 saturated heterocycles. The largest absolute Gasteiger partial charge is 0.353 e. The summed E-state index contributed by atoms with van der Waals surface area (Å²) in [6.07, 6.45) is 10.2. The highest BCUT2D eigenvalue weighted by Crippen LogP contribution is 2.32. The second-order valence-electron chi connectivity index (χ2n) is 6.11. The Morgan fingerprint density at radius 2 is 2.26 bits per heavy atom. The van der Waals surface area contributed by atoms with Gasteiger partial charge >= 0.3 is 0 Å². The molecule has 0 spiro atoms. The number of amides is 1. The third-order valence-corrected chi connectivity index (χ3v) is 6.02. The molecule has 2 rings (SSSR count). The summed E-state index contributed by atoms with van der Waals surface area (Å²) in [6, 6.07) is 0.407. The van der Waals surface area contributed by atoms with E-state index >= 15 is 0 Å². The lowest BCUT2D eigenvalue weighted by Gasteiger charge is -2.38. The van der Waals surface area contributed by atoms with Gasteiger partial charge in [-0.05, 0) is 51.3 Å². The molecule has 110 valence electrons. The van der Waals surface area contributed by atoms with E-state index in [2.05, 4.69) is 23.8 Å². The number of piperidine rings is 1. The maximum Gasteiger partial charge on any atom is 0.227 e. The van der Waals surface area contributed by atoms with Crippen LogP contribution in [0.1, 0.15) is 51.9 Å². The van der Waals surface area contributed by atoms with E-state index < -0.39 is 0 Å². The average Bonchev–Trinajstić information content (AvgIpc) is 2.48. The minimum atomic E-state index is -0.148. The molecular formula is C15H28N2OS. The van der Waals surface area contributed by atoms with Crippen molar-refractivity contribution < 1.29 is 4.79 Å². The molecule has 1 amide bonds. The highest BCUT2D eigenvalue weighted by molar-refractivity contribution is 7.99. The second-order valence-corrected chi connectivity index (χ2v) is 7.25. The Morgan fingerprint density at radius 1 is 1.42 bits per heavy atom. The van der Waals surface area contributed by atoms with Crippen molar-refractivity contribution in [2.24, 2.45) is 5.41 Å². The molecule has 0 radical (unpaired) electrons. The van der Waals surface area contributed by atoms with E-state index in [1.165, 1.54) is 12.8 Å². The molecular weight excluding hydrogens is 256 g/mol. The van der Waals surface area contributed by atoms with Crippen molar-refractivity contribution in [1.82, 2.24) is 10.6 Å². The molecule has 2 aliphatic rings. The van der Waals surface area contributed by atoms with E-state index in [1.807, 2.05) is 11.8 Å². The highest BCUT2D eigenvalue weighted by atomic mass is 32.2. The first-order chi connectivity index (χ1) is 9.20. The van der Waals surface area contributed by atoms with Gasteiger partial charge in [-0.3, -0.25) is 4.79 Å².